The molecule has 0 spiro atoms. The minimum Gasteiger partial charge on any atom is -0.357 e. The van der Waals surface area contributed by atoms with Crippen molar-refractivity contribution in [1.82, 2.24) is 15.1 Å². The van der Waals surface area contributed by atoms with Crippen molar-refractivity contribution in [3.63, 3.8) is 0 Å². The molecule has 1 unspecified atom stereocenters. The van der Waals surface area contributed by atoms with Gasteiger partial charge in [-0.15, -0.1) is 0 Å². The van der Waals surface area contributed by atoms with Crippen LogP contribution in [0.2, 0.25) is 0 Å². The van der Waals surface area contributed by atoms with Crippen molar-refractivity contribution >= 4 is 24.0 Å². The first-order chi connectivity index (χ1) is 14.1. The van der Waals surface area contributed by atoms with Crippen molar-refractivity contribution in [3.05, 3.63) is 70.3 Å². The van der Waals surface area contributed by atoms with Crippen molar-refractivity contribution in [1.29, 1.82) is 0 Å². The molecule has 1 fully saturated rings. The number of rotatable bonds is 4. The molecule has 6 heteroatoms. The Kier molecular flexibility index (Phi) is 5.47. The largest absolute Gasteiger partial charge is 0.357 e. The van der Waals surface area contributed by atoms with Gasteiger partial charge in [0.15, 0.2) is 6.23 Å². The van der Waals surface area contributed by atoms with E-state index in [0.29, 0.717) is 11.1 Å². The van der Waals surface area contributed by atoms with Crippen LogP contribution in [0.25, 0.3) is 12.2 Å². The van der Waals surface area contributed by atoms with E-state index in [0.717, 1.165) is 42.9 Å². The molecule has 6 nitrogen and oxygen atoms in total. The summed E-state index contributed by atoms with van der Waals surface area (Å²) in [6, 6.07) is 13.3. The average Bonchev–Trinajstić information content (AvgIpc) is 3.09. The van der Waals surface area contributed by atoms with Gasteiger partial charge in [-0.25, -0.2) is 0 Å². The summed E-state index contributed by atoms with van der Waals surface area (Å²) in [6.07, 6.45) is 3.48. The van der Waals surface area contributed by atoms with Gasteiger partial charge in [0.1, 0.15) is 0 Å². The van der Waals surface area contributed by atoms with Crippen LogP contribution in [-0.2, 0) is 4.74 Å². The molecule has 2 heterocycles. The van der Waals surface area contributed by atoms with Crippen LogP contribution in [0.1, 0.15) is 43.6 Å². The number of hydrogen-bond acceptors (Lipinski definition) is 4. The lowest BCUT2D eigenvalue weighted by atomic mass is 10.0. The molecule has 2 aliphatic heterocycles. The Hall–Kier alpha value is -2.96. The van der Waals surface area contributed by atoms with E-state index in [9.17, 15) is 9.59 Å². The standard InChI is InChI=1S/C23H25N3O3/c1-25-12-14-26(15-13-25)23(28)18-10-7-16(8-11-18)6-9-17-4-3-5-19-20(17)21(27)24-22(19)29-2/h3-11,22H,12-15H2,1-2H3,(H,24,27)/b9-6+. The Morgan fingerprint density at radius 1 is 1.07 bits per heavy atom. The first-order valence-electron chi connectivity index (χ1n) is 9.79. The smallest absolute Gasteiger partial charge is 0.254 e. The van der Waals surface area contributed by atoms with E-state index >= 15 is 0 Å². The van der Waals surface area contributed by atoms with Crippen LogP contribution in [0.3, 0.4) is 0 Å². The summed E-state index contributed by atoms with van der Waals surface area (Å²) in [5.74, 6) is -0.0444. The molecule has 2 aromatic rings. The SMILES string of the molecule is COC1NC(=O)c2c(/C=C/c3ccc(C(=O)N4CCN(C)CC4)cc3)cccc21. The summed E-state index contributed by atoms with van der Waals surface area (Å²) < 4.78 is 5.32. The Bertz CT molecular complexity index is 944. The van der Waals surface area contributed by atoms with Crippen LogP contribution in [0.5, 0.6) is 0 Å². The van der Waals surface area contributed by atoms with E-state index in [4.69, 9.17) is 4.74 Å². The third kappa shape index (κ3) is 3.95. The number of nitrogens with one attached hydrogen (secondary N) is 1. The van der Waals surface area contributed by atoms with Gasteiger partial charge in [-0.2, -0.15) is 0 Å². The number of amides is 2. The molecule has 0 aromatic heterocycles. The second-order valence-electron chi connectivity index (χ2n) is 7.45. The number of likely N-dealkylation sites (N-methyl/N-ethyl adjacent to an activating group) is 1. The topological polar surface area (TPSA) is 61.9 Å². The van der Waals surface area contributed by atoms with Gasteiger partial charge in [-0.3, -0.25) is 9.59 Å². The summed E-state index contributed by atoms with van der Waals surface area (Å²) in [5.41, 5.74) is 4.02. The van der Waals surface area contributed by atoms with Crippen molar-refractivity contribution < 1.29 is 14.3 Å². The monoisotopic (exact) mass is 391 g/mol. The Morgan fingerprint density at radius 2 is 1.79 bits per heavy atom. The Labute approximate surface area is 170 Å². The van der Waals surface area contributed by atoms with E-state index in [1.165, 1.54) is 0 Å². The van der Waals surface area contributed by atoms with Crippen LogP contribution in [0.15, 0.2) is 42.5 Å². The minimum absolute atomic E-state index is 0.0804. The lowest BCUT2D eigenvalue weighted by Crippen LogP contribution is -2.47. The highest BCUT2D eigenvalue weighted by molar-refractivity contribution is 6.03. The lowest BCUT2D eigenvalue weighted by Gasteiger charge is -2.32. The molecule has 0 saturated carbocycles. The third-order valence-electron chi connectivity index (χ3n) is 5.54. The predicted molar refractivity (Wildman–Crippen MR) is 112 cm³/mol. The molecule has 29 heavy (non-hydrogen) atoms. The summed E-state index contributed by atoms with van der Waals surface area (Å²) in [7, 11) is 3.65. The zero-order valence-corrected chi connectivity index (χ0v) is 16.7. The van der Waals surface area contributed by atoms with Gasteiger partial charge in [-0.05, 0) is 30.3 Å². The van der Waals surface area contributed by atoms with Crippen LogP contribution in [-0.4, -0.2) is 62.0 Å². The van der Waals surface area contributed by atoms with Gasteiger partial charge >= 0.3 is 0 Å². The van der Waals surface area contributed by atoms with E-state index < -0.39 is 6.23 Å². The lowest BCUT2D eigenvalue weighted by molar-refractivity contribution is 0.0658. The van der Waals surface area contributed by atoms with Crippen LogP contribution < -0.4 is 5.32 Å². The Morgan fingerprint density at radius 3 is 2.48 bits per heavy atom. The van der Waals surface area contributed by atoms with Gasteiger partial charge in [0, 0.05) is 44.4 Å². The summed E-state index contributed by atoms with van der Waals surface area (Å²) >= 11 is 0. The first-order valence-corrected chi connectivity index (χ1v) is 9.79. The van der Waals surface area contributed by atoms with Crippen molar-refractivity contribution in [2.75, 3.05) is 40.3 Å². The van der Waals surface area contributed by atoms with Crippen LogP contribution in [0, 0.1) is 0 Å². The molecule has 150 valence electrons. The third-order valence-corrected chi connectivity index (χ3v) is 5.54. The van der Waals surface area contributed by atoms with Crippen molar-refractivity contribution in [2.24, 2.45) is 0 Å². The molecule has 2 amide bonds. The van der Waals surface area contributed by atoms with E-state index in [1.807, 2.05) is 59.5 Å². The fourth-order valence-electron chi connectivity index (χ4n) is 3.78. The maximum absolute atomic E-state index is 12.7. The number of ether oxygens (including phenoxy) is 1. The molecule has 0 bridgehead atoms. The second kappa shape index (κ2) is 8.19. The molecule has 0 aliphatic carbocycles. The highest BCUT2D eigenvalue weighted by atomic mass is 16.5. The fourth-order valence-corrected chi connectivity index (χ4v) is 3.78. The van der Waals surface area contributed by atoms with Gasteiger partial charge < -0.3 is 19.9 Å². The molecule has 2 aliphatic rings. The summed E-state index contributed by atoms with van der Waals surface area (Å²) in [6.45, 7) is 3.35. The molecule has 2 aromatic carbocycles. The zero-order chi connectivity index (χ0) is 20.4. The highest BCUT2D eigenvalue weighted by Gasteiger charge is 2.29. The van der Waals surface area contributed by atoms with Crippen molar-refractivity contribution in [3.8, 4) is 0 Å². The normalized spacial score (nSPS) is 19.4. The molecule has 1 atom stereocenters. The number of carbonyl (C=O) groups excluding carboxylic acids is 2. The molecule has 0 radical (unpaired) electrons. The molecular formula is C23H25N3O3. The van der Waals surface area contributed by atoms with Crippen molar-refractivity contribution in [2.45, 2.75) is 6.23 Å². The quantitative estimate of drug-likeness (QED) is 0.814. The second-order valence-corrected chi connectivity index (χ2v) is 7.45. The fraction of sp³-hybridized carbons (Fsp3) is 0.304. The summed E-state index contributed by atoms with van der Waals surface area (Å²) in [5, 5.41) is 2.82. The molecule has 1 N–H and O–H groups in total. The van der Waals surface area contributed by atoms with Crippen LogP contribution in [0.4, 0.5) is 0 Å². The van der Waals surface area contributed by atoms with Gasteiger partial charge in [0.05, 0.1) is 5.56 Å². The molecular weight excluding hydrogens is 366 g/mol. The number of hydrogen-bond donors (Lipinski definition) is 1. The number of nitrogens with zero attached hydrogens (tertiary/aromatic N) is 2. The van der Waals surface area contributed by atoms with E-state index in [1.54, 1.807) is 7.11 Å². The van der Waals surface area contributed by atoms with E-state index in [-0.39, 0.29) is 11.8 Å². The molecule has 1 saturated heterocycles. The number of benzene rings is 2. The van der Waals surface area contributed by atoms with Gasteiger partial charge in [0.2, 0.25) is 0 Å². The van der Waals surface area contributed by atoms with E-state index in [2.05, 4.69) is 17.3 Å². The maximum Gasteiger partial charge on any atom is 0.254 e. The van der Waals surface area contributed by atoms with Crippen LogP contribution >= 0.6 is 0 Å². The summed E-state index contributed by atoms with van der Waals surface area (Å²) in [4.78, 5) is 29.1. The number of fused-ring (bicyclic) bond motifs is 1. The minimum atomic E-state index is -0.397. The number of piperazine rings is 1. The van der Waals surface area contributed by atoms with Gasteiger partial charge in [0.25, 0.3) is 11.8 Å². The maximum atomic E-state index is 12.7. The number of methoxy groups -OCH3 is 1. The van der Waals surface area contributed by atoms with Gasteiger partial charge in [-0.1, -0.05) is 42.5 Å². The first kappa shape index (κ1) is 19.4. The predicted octanol–water partition coefficient (Wildman–Crippen LogP) is 2.63. The zero-order valence-electron chi connectivity index (χ0n) is 16.7. The number of carbonyl (C=O) groups is 2. The Balaban J connectivity index is 1.49. The average molecular weight is 391 g/mol. The highest BCUT2D eigenvalue weighted by Crippen LogP contribution is 2.29. The molecule has 4 rings (SSSR count).